The summed E-state index contributed by atoms with van der Waals surface area (Å²) in [7, 11) is 0. The van der Waals surface area contributed by atoms with Gasteiger partial charge in [0.2, 0.25) is 5.91 Å². The van der Waals surface area contributed by atoms with Crippen LogP contribution in [0.3, 0.4) is 0 Å². The molecule has 0 spiro atoms. The molecule has 0 aliphatic heterocycles. The predicted octanol–water partition coefficient (Wildman–Crippen LogP) is 3.28. The Morgan fingerprint density at radius 3 is 2.50 bits per heavy atom. The zero-order valence-corrected chi connectivity index (χ0v) is 13.3. The highest BCUT2D eigenvalue weighted by Crippen LogP contribution is 2.27. The molecule has 1 amide bonds. The molecule has 4 heteroatoms. The van der Waals surface area contributed by atoms with Gasteiger partial charge in [-0.25, -0.2) is 4.79 Å². The molecule has 0 radical (unpaired) electrons. The van der Waals surface area contributed by atoms with E-state index in [1.807, 2.05) is 30.3 Å². The minimum Gasteiger partial charge on any atom is -0.480 e. The van der Waals surface area contributed by atoms with Crippen molar-refractivity contribution in [3.05, 3.63) is 48.6 Å². The lowest BCUT2D eigenvalue weighted by molar-refractivity contribution is -0.142. The van der Waals surface area contributed by atoms with Crippen molar-refractivity contribution in [2.24, 2.45) is 0 Å². The Balaban J connectivity index is 2.54. The van der Waals surface area contributed by atoms with Crippen molar-refractivity contribution in [1.82, 2.24) is 5.32 Å². The molecule has 1 unspecified atom stereocenters. The Hall–Kier alpha value is -2.10. The summed E-state index contributed by atoms with van der Waals surface area (Å²) in [5.41, 5.74) is 1.04. The maximum atomic E-state index is 12.0. The number of rotatable bonds is 9. The first-order chi connectivity index (χ1) is 10.4. The lowest BCUT2D eigenvalue weighted by atomic mass is 9.80. The summed E-state index contributed by atoms with van der Waals surface area (Å²) in [5.74, 6) is -1.22. The number of aliphatic carboxylic acids is 1. The monoisotopic (exact) mass is 303 g/mol. The average Bonchev–Trinajstić information content (AvgIpc) is 2.50. The molecule has 120 valence electrons. The quantitative estimate of drug-likeness (QED) is 0.688. The standard InChI is InChI=1S/C18H25NO3/c1-4-5-11-15(17(21)22)19-16(20)12-13-18(2,3)14-9-7-6-8-10-14/h4,6-10,15H,1,5,11-13H2,2-3H3,(H,19,20)(H,21,22). The normalized spacial score (nSPS) is 12.5. The van der Waals surface area contributed by atoms with Gasteiger partial charge < -0.3 is 10.4 Å². The number of nitrogens with one attached hydrogen (secondary N) is 1. The number of amides is 1. The van der Waals surface area contributed by atoms with E-state index in [-0.39, 0.29) is 11.3 Å². The van der Waals surface area contributed by atoms with Gasteiger partial charge in [-0.15, -0.1) is 6.58 Å². The van der Waals surface area contributed by atoms with Gasteiger partial charge in [-0.05, 0) is 30.2 Å². The molecule has 1 aromatic rings. The van der Waals surface area contributed by atoms with Crippen LogP contribution in [0.2, 0.25) is 0 Å². The first-order valence-electron chi connectivity index (χ1n) is 7.55. The van der Waals surface area contributed by atoms with Crippen LogP contribution in [-0.4, -0.2) is 23.0 Å². The minimum atomic E-state index is -1.00. The molecule has 0 saturated heterocycles. The lowest BCUT2D eigenvalue weighted by Crippen LogP contribution is -2.41. The first-order valence-corrected chi connectivity index (χ1v) is 7.55. The van der Waals surface area contributed by atoms with Crippen LogP contribution in [-0.2, 0) is 15.0 Å². The SMILES string of the molecule is C=CCCC(NC(=O)CCC(C)(C)c1ccccc1)C(=O)O. The Bertz CT molecular complexity index is 508. The fourth-order valence-electron chi connectivity index (χ4n) is 2.27. The van der Waals surface area contributed by atoms with Crippen molar-refractivity contribution in [3.8, 4) is 0 Å². The number of hydrogen-bond donors (Lipinski definition) is 2. The second-order valence-electron chi connectivity index (χ2n) is 6.07. The summed E-state index contributed by atoms with van der Waals surface area (Å²) in [6, 6.07) is 9.16. The van der Waals surface area contributed by atoms with E-state index >= 15 is 0 Å². The molecular weight excluding hydrogens is 278 g/mol. The van der Waals surface area contributed by atoms with E-state index in [0.29, 0.717) is 25.7 Å². The van der Waals surface area contributed by atoms with Crippen LogP contribution < -0.4 is 5.32 Å². The smallest absolute Gasteiger partial charge is 0.326 e. The number of hydrogen-bond acceptors (Lipinski definition) is 2. The van der Waals surface area contributed by atoms with Crippen LogP contribution >= 0.6 is 0 Å². The number of allylic oxidation sites excluding steroid dienone is 1. The van der Waals surface area contributed by atoms with Gasteiger partial charge in [0.05, 0.1) is 0 Å². The molecule has 0 aliphatic carbocycles. The fourth-order valence-corrected chi connectivity index (χ4v) is 2.27. The van der Waals surface area contributed by atoms with Crippen molar-refractivity contribution in [2.45, 2.75) is 51.0 Å². The van der Waals surface area contributed by atoms with Gasteiger partial charge in [0.15, 0.2) is 0 Å². The fraction of sp³-hybridized carbons (Fsp3) is 0.444. The highest BCUT2D eigenvalue weighted by atomic mass is 16.4. The van der Waals surface area contributed by atoms with E-state index in [1.165, 1.54) is 5.56 Å². The zero-order valence-electron chi connectivity index (χ0n) is 13.3. The van der Waals surface area contributed by atoms with Crippen LogP contribution in [0, 0.1) is 0 Å². The van der Waals surface area contributed by atoms with Crippen molar-refractivity contribution in [1.29, 1.82) is 0 Å². The lowest BCUT2D eigenvalue weighted by Gasteiger charge is -2.25. The van der Waals surface area contributed by atoms with Crippen molar-refractivity contribution in [3.63, 3.8) is 0 Å². The Morgan fingerprint density at radius 2 is 1.95 bits per heavy atom. The maximum Gasteiger partial charge on any atom is 0.326 e. The molecule has 0 aliphatic rings. The van der Waals surface area contributed by atoms with Gasteiger partial charge in [0, 0.05) is 6.42 Å². The molecule has 22 heavy (non-hydrogen) atoms. The molecule has 1 atom stereocenters. The first kappa shape index (κ1) is 18.0. The number of carboxylic acids is 1. The Kier molecular flexibility index (Phi) is 6.83. The van der Waals surface area contributed by atoms with E-state index in [2.05, 4.69) is 25.7 Å². The molecule has 0 bridgehead atoms. The molecule has 0 fully saturated rings. The molecule has 1 rings (SSSR count). The van der Waals surface area contributed by atoms with E-state index in [4.69, 9.17) is 5.11 Å². The molecule has 2 N–H and O–H groups in total. The van der Waals surface area contributed by atoms with Crippen LogP contribution in [0.4, 0.5) is 0 Å². The van der Waals surface area contributed by atoms with Gasteiger partial charge in [0.25, 0.3) is 0 Å². The van der Waals surface area contributed by atoms with Crippen molar-refractivity contribution < 1.29 is 14.7 Å². The van der Waals surface area contributed by atoms with Crippen molar-refractivity contribution >= 4 is 11.9 Å². The van der Waals surface area contributed by atoms with Gasteiger partial charge in [-0.2, -0.15) is 0 Å². The number of carbonyl (C=O) groups excluding carboxylic acids is 1. The summed E-state index contributed by atoms with van der Waals surface area (Å²) in [4.78, 5) is 23.1. The third-order valence-electron chi connectivity index (χ3n) is 3.83. The van der Waals surface area contributed by atoms with Gasteiger partial charge in [-0.3, -0.25) is 4.79 Å². The topological polar surface area (TPSA) is 66.4 Å². The molecule has 0 aromatic heterocycles. The molecule has 4 nitrogen and oxygen atoms in total. The molecular formula is C18H25NO3. The van der Waals surface area contributed by atoms with E-state index in [0.717, 1.165) is 0 Å². The van der Waals surface area contributed by atoms with Crippen molar-refractivity contribution in [2.75, 3.05) is 0 Å². The van der Waals surface area contributed by atoms with Crippen LogP contribution in [0.25, 0.3) is 0 Å². The summed E-state index contributed by atoms with van der Waals surface area (Å²) >= 11 is 0. The third-order valence-corrected chi connectivity index (χ3v) is 3.83. The molecule has 1 aromatic carbocycles. The number of benzene rings is 1. The van der Waals surface area contributed by atoms with Gasteiger partial charge in [0.1, 0.15) is 6.04 Å². The Labute approximate surface area is 132 Å². The highest BCUT2D eigenvalue weighted by Gasteiger charge is 2.23. The summed E-state index contributed by atoms with van der Waals surface area (Å²) in [6.07, 6.45) is 3.55. The summed E-state index contributed by atoms with van der Waals surface area (Å²) in [5, 5.41) is 11.7. The van der Waals surface area contributed by atoms with E-state index in [9.17, 15) is 9.59 Å². The number of carboxylic acid groups (broad SMARTS) is 1. The highest BCUT2D eigenvalue weighted by molar-refractivity contribution is 5.83. The molecule has 0 heterocycles. The Morgan fingerprint density at radius 1 is 1.32 bits per heavy atom. The second kappa shape index (κ2) is 8.37. The minimum absolute atomic E-state index is 0.127. The summed E-state index contributed by atoms with van der Waals surface area (Å²) in [6.45, 7) is 7.74. The van der Waals surface area contributed by atoms with Gasteiger partial charge in [-0.1, -0.05) is 50.3 Å². The van der Waals surface area contributed by atoms with Crippen LogP contribution in [0.5, 0.6) is 0 Å². The van der Waals surface area contributed by atoms with E-state index < -0.39 is 12.0 Å². The average molecular weight is 303 g/mol. The second-order valence-corrected chi connectivity index (χ2v) is 6.07. The summed E-state index contributed by atoms with van der Waals surface area (Å²) < 4.78 is 0. The van der Waals surface area contributed by atoms with E-state index in [1.54, 1.807) is 6.08 Å². The zero-order chi connectivity index (χ0) is 16.6. The van der Waals surface area contributed by atoms with Crippen LogP contribution in [0.15, 0.2) is 43.0 Å². The maximum absolute atomic E-state index is 12.0. The predicted molar refractivity (Wildman–Crippen MR) is 87.7 cm³/mol. The largest absolute Gasteiger partial charge is 0.480 e. The van der Waals surface area contributed by atoms with Crippen LogP contribution in [0.1, 0.15) is 45.1 Å². The van der Waals surface area contributed by atoms with Gasteiger partial charge >= 0.3 is 5.97 Å². The number of carbonyl (C=O) groups is 2. The molecule has 0 saturated carbocycles. The third kappa shape index (κ3) is 5.72.